The lowest BCUT2D eigenvalue weighted by Crippen LogP contribution is -2.42. The van der Waals surface area contributed by atoms with E-state index in [9.17, 15) is 18.4 Å². The van der Waals surface area contributed by atoms with Crippen LogP contribution in [0.15, 0.2) is 18.2 Å². The van der Waals surface area contributed by atoms with Crippen molar-refractivity contribution in [1.29, 1.82) is 0 Å². The molecule has 0 aliphatic rings. The minimum absolute atomic E-state index is 0.00139. The van der Waals surface area contributed by atoms with Crippen LogP contribution in [0.5, 0.6) is 0 Å². The van der Waals surface area contributed by atoms with Gasteiger partial charge in [0.15, 0.2) is 11.6 Å². The molecular weight excluding hydrogens is 306 g/mol. The van der Waals surface area contributed by atoms with Crippen LogP contribution in [-0.4, -0.2) is 30.1 Å². The highest BCUT2D eigenvalue weighted by Gasteiger charge is 2.27. The molecule has 0 aliphatic carbocycles. The number of carbonyl (C=O) groups excluding carboxylic acids is 2. The Kier molecular flexibility index (Phi) is 7.09. The highest BCUT2D eigenvalue weighted by molar-refractivity contribution is 6.39. The van der Waals surface area contributed by atoms with Gasteiger partial charge in [0.2, 0.25) is 0 Å². The van der Waals surface area contributed by atoms with Gasteiger partial charge in [0, 0.05) is 24.9 Å². The lowest BCUT2D eigenvalue weighted by atomic mass is 9.79. The zero-order valence-corrected chi connectivity index (χ0v) is 13.3. The molecule has 7 heteroatoms. The number of hydrogen-bond donors (Lipinski definition) is 3. The molecule has 128 valence electrons. The first-order valence-corrected chi connectivity index (χ1v) is 7.52. The molecule has 0 radical (unpaired) electrons. The molecule has 23 heavy (non-hydrogen) atoms. The largest absolute Gasteiger partial charge is 0.396 e. The molecule has 0 unspecified atom stereocenters. The van der Waals surface area contributed by atoms with Crippen molar-refractivity contribution in [2.45, 2.75) is 33.1 Å². The predicted octanol–water partition coefficient (Wildman–Crippen LogP) is 2.21. The van der Waals surface area contributed by atoms with Gasteiger partial charge in [-0.15, -0.1) is 0 Å². The summed E-state index contributed by atoms with van der Waals surface area (Å²) in [6.45, 7) is 4.16. The third-order valence-electron chi connectivity index (χ3n) is 4.15. The summed E-state index contributed by atoms with van der Waals surface area (Å²) in [5.74, 6) is -3.96. The van der Waals surface area contributed by atoms with E-state index in [2.05, 4.69) is 10.6 Å². The molecule has 1 aromatic rings. The average molecular weight is 328 g/mol. The molecule has 1 rings (SSSR count). The monoisotopic (exact) mass is 328 g/mol. The molecule has 3 N–H and O–H groups in total. The molecule has 0 saturated carbocycles. The third-order valence-corrected chi connectivity index (χ3v) is 4.15. The van der Waals surface area contributed by atoms with Crippen LogP contribution >= 0.6 is 0 Å². The standard InChI is InChI=1S/C16H22F2N2O3/c1-3-16(4-2,7-8-21)10-19-14(22)15(23)20-11-5-6-12(17)13(18)9-11/h5-6,9,21H,3-4,7-8,10H2,1-2H3,(H,19,22)(H,20,23). The molecule has 5 nitrogen and oxygen atoms in total. The van der Waals surface area contributed by atoms with Crippen molar-refractivity contribution in [2.24, 2.45) is 5.41 Å². The summed E-state index contributed by atoms with van der Waals surface area (Å²) in [6, 6.07) is 2.83. The van der Waals surface area contributed by atoms with Crippen LogP contribution < -0.4 is 10.6 Å². The molecule has 0 spiro atoms. The number of aliphatic hydroxyl groups is 1. The second-order valence-electron chi connectivity index (χ2n) is 5.45. The molecule has 0 bridgehead atoms. The van der Waals surface area contributed by atoms with Gasteiger partial charge >= 0.3 is 11.8 Å². The number of halogens is 2. The quantitative estimate of drug-likeness (QED) is 0.672. The first-order chi connectivity index (χ1) is 10.9. The molecular formula is C16H22F2N2O3. The van der Waals surface area contributed by atoms with Crippen molar-refractivity contribution in [2.75, 3.05) is 18.5 Å². The number of benzene rings is 1. The zero-order valence-electron chi connectivity index (χ0n) is 13.3. The fourth-order valence-corrected chi connectivity index (χ4v) is 2.29. The fourth-order valence-electron chi connectivity index (χ4n) is 2.29. The Morgan fingerprint density at radius 2 is 1.78 bits per heavy atom. The number of aliphatic hydroxyl groups excluding tert-OH is 1. The van der Waals surface area contributed by atoms with Crippen LogP contribution in [-0.2, 0) is 9.59 Å². The number of carbonyl (C=O) groups is 2. The number of amides is 2. The lowest BCUT2D eigenvalue weighted by Gasteiger charge is -2.31. The maximum absolute atomic E-state index is 13.1. The van der Waals surface area contributed by atoms with Gasteiger partial charge in [-0.05, 0) is 36.8 Å². The van der Waals surface area contributed by atoms with E-state index in [-0.39, 0.29) is 24.3 Å². The van der Waals surface area contributed by atoms with Crippen molar-refractivity contribution in [3.8, 4) is 0 Å². The highest BCUT2D eigenvalue weighted by Crippen LogP contribution is 2.29. The normalized spacial score (nSPS) is 11.2. The Morgan fingerprint density at radius 3 is 2.30 bits per heavy atom. The van der Waals surface area contributed by atoms with Crippen molar-refractivity contribution in [3.63, 3.8) is 0 Å². The summed E-state index contributed by atoms with van der Waals surface area (Å²) < 4.78 is 25.9. The van der Waals surface area contributed by atoms with Gasteiger partial charge in [-0.25, -0.2) is 8.78 Å². The molecule has 1 aromatic carbocycles. The summed E-state index contributed by atoms with van der Waals surface area (Å²) in [4.78, 5) is 23.6. The van der Waals surface area contributed by atoms with E-state index in [1.165, 1.54) is 0 Å². The molecule has 2 amide bonds. The van der Waals surface area contributed by atoms with Crippen LogP contribution in [0.25, 0.3) is 0 Å². The van der Waals surface area contributed by atoms with Gasteiger partial charge in [-0.1, -0.05) is 13.8 Å². The van der Waals surface area contributed by atoms with E-state index in [1.54, 1.807) is 0 Å². The number of nitrogens with one attached hydrogen (secondary N) is 2. The third kappa shape index (κ3) is 5.28. The number of anilines is 1. The van der Waals surface area contributed by atoms with Crippen LogP contribution in [0.1, 0.15) is 33.1 Å². The van der Waals surface area contributed by atoms with E-state index in [1.807, 2.05) is 13.8 Å². The topological polar surface area (TPSA) is 78.4 Å². The van der Waals surface area contributed by atoms with Crippen molar-refractivity contribution in [3.05, 3.63) is 29.8 Å². The van der Waals surface area contributed by atoms with E-state index in [0.717, 1.165) is 31.0 Å². The van der Waals surface area contributed by atoms with E-state index < -0.39 is 23.4 Å². The summed E-state index contributed by atoms with van der Waals surface area (Å²) >= 11 is 0. The van der Waals surface area contributed by atoms with Crippen LogP contribution in [0, 0.1) is 17.0 Å². The fraction of sp³-hybridized carbons (Fsp3) is 0.500. The smallest absolute Gasteiger partial charge is 0.313 e. The van der Waals surface area contributed by atoms with Crippen LogP contribution in [0.4, 0.5) is 14.5 Å². The Bertz CT molecular complexity index is 560. The maximum atomic E-state index is 13.1. The van der Waals surface area contributed by atoms with Gasteiger partial charge in [0.05, 0.1) is 0 Å². The summed E-state index contributed by atoms with van der Waals surface area (Å²) in [6.07, 6.45) is 2.01. The van der Waals surface area contributed by atoms with Crippen molar-refractivity contribution in [1.82, 2.24) is 5.32 Å². The Labute approximate surface area is 134 Å². The number of hydrogen-bond acceptors (Lipinski definition) is 3. The number of rotatable bonds is 7. The van der Waals surface area contributed by atoms with E-state index >= 15 is 0 Å². The van der Waals surface area contributed by atoms with Crippen molar-refractivity contribution < 1.29 is 23.5 Å². The predicted molar refractivity (Wildman–Crippen MR) is 82.7 cm³/mol. The van der Waals surface area contributed by atoms with E-state index in [0.29, 0.717) is 6.42 Å². The zero-order chi connectivity index (χ0) is 17.5. The minimum Gasteiger partial charge on any atom is -0.396 e. The van der Waals surface area contributed by atoms with Gasteiger partial charge in [0.25, 0.3) is 0 Å². The second-order valence-corrected chi connectivity index (χ2v) is 5.45. The van der Waals surface area contributed by atoms with Crippen LogP contribution in [0.3, 0.4) is 0 Å². The Morgan fingerprint density at radius 1 is 1.13 bits per heavy atom. The first-order valence-electron chi connectivity index (χ1n) is 7.52. The Balaban J connectivity index is 2.63. The second kappa shape index (κ2) is 8.57. The highest BCUT2D eigenvalue weighted by atomic mass is 19.2. The van der Waals surface area contributed by atoms with E-state index in [4.69, 9.17) is 5.11 Å². The van der Waals surface area contributed by atoms with Gasteiger partial charge in [-0.2, -0.15) is 0 Å². The van der Waals surface area contributed by atoms with Gasteiger partial charge in [-0.3, -0.25) is 9.59 Å². The SMILES string of the molecule is CCC(CC)(CCO)CNC(=O)C(=O)Nc1ccc(F)c(F)c1. The first kappa shape index (κ1) is 19.0. The molecule has 0 heterocycles. The maximum Gasteiger partial charge on any atom is 0.313 e. The van der Waals surface area contributed by atoms with Gasteiger partial charge < -0.3 is 15.7 Å². The lowest BCUT2D eigenvalue weighted by molar-refractivity contribution is -0.136. The molecule has 0 aromatic heterocycles. The Hall–Kier alpha value is -2.02. The van der Waals surface area contributed by atoms with Crippen LogP contribution in [0.2, 0.25) is 0 Å². The average Bonchev–Trinajstić information content (AvgIpc) is 2.54. The summed E-state index contributed by atoms with van der Waals surface area (Å²) in [5, 5.41) is 13.9. The molecule has 0 aliphatic heterocycles. The molecule has 0 saturated heterocycles. The van der Waals surface area contributed by atoms with Crippen molar-refractivity contribution >= 4 is 17.5 Å². The molecule has 0 fully saturated rings. The summed E-state index contributed by atoms with van der Waals surface area (Å²) in [5.41, 5.74) is -0.274. The molecule has 0 atom stereocenters. The minimum atomic E-state index is -1.11. The van der Waals surface area contributed by atoms with Gasteiger partial charge in [0.1, 0.15) is 0 Å². The summed E-state index contributed by atoms with van der Waals surface area (Å²) in [7, 11) is 0.